The van der Waals surface area contributed by atoms with Gasteiger partial charge in [-0.1, -0.05) is 39.0 Å². The topological polar surface area (TPSA) is 46.2 Å². The molecule has 0 bridgehead atoms. The normalized spacial score (nSPS) is 11.8. The number of benzene rings is 1. The summed E-state index contributed by atoms with van der Waals surface area (Å²) in [6.07, 6.45) is 0.655. The van der Waals surface area contributed by atoms with Gasteiger partial charge in [-0.15, -0.1) is 0 Å². The molecule has 4 heteroatoms. The van der Waals surface area contributed by atoms with E-state index in [9.17, 15) is 8.42 Å². The van der Waals surface area contributed by atoms with Gasteiger partial charge in [-0.2, -0.15) is 0 Å². The van der Waals surface area contributed by atoms with Crippen LogP contribution in [-0.2, 0) is 9.84 Å². The summed E-state index contributed by atoms with van der Waals surface area (Å²) in [5, 5.41) is 3.33. The molecule has 0 saturated carbocycles. The van der Waals surface area contributed by atoms with Gasteiger partial charge in [0.2, 0.25) is 0 Å². The highest BCUT2D eigenvalue weighted by atomic mass is 32.2. The molecule has 0 spiro atoms. The summed E-state index contributed by atoms with van der Waals surface area (Å²) in [4.78, 5) is 0. The first-order valence-corrected chi connectivity index (χ1v) is 8.31. The predicted molar refractivity (Wildman–Crippen MR) is 78.0 cm³/mol. The second-order valence-corrected chi connectivity index (χ2v) is 7.23. The molecule has 102 valence electrons. The van der Waals surface area contributed by atoms with Crippen molar-refractivity contribution in [3.05, 3.63) is 29.8 Å². The molecule has 1 aromatic carbocycles. The van der Waals surface area contributed by atoms with Gasteiger partial charge in [-0.3, -0.25) is 0 Å². The van der Waals surface area contributed by atoms with Crippen molar-refractivity contribution < 1.29 is 8.42 Å². The Hall–Kier alpha value is -1.03. The fraction of sp³-hybridized carbons (Fsp3) is 0.571. The molecule has 1 N–H and O–H groups in total. The summed E-state index contributed by atoms with van der Waals surface area (Å²) in [7, 11) is -2.84. The van der Waals surface area contributed by atoms with Crippen LogP contribution in [0.15, 0.2) is 24.3 Å². The van der Waals surface area contributed by atoms with E-state index in [1.807, 2.05) is 18.2 Å². The van der Waals surface area contributed by atoms with Crippen LogP contribution in [0, 0.1) is 0 Å². The Morgan fingerprint density at radius 2 is 1.89 bits per heavy atom. The highest BCUT2D eigenvalue weighted by Crippen LogP contribution is 2.23. The van der Waals surface area contributed by atoms with Crippen LogP contribution in [0.2, 0.25) is 0 Å². The minimum Gasteiger partial charge on any atom is -0.385 e. The molecule has 0 unspecified atom stereocenters. The average molecular weight is 269 g/mol. The zero-order valence-corrected chi connectivity index (χ0v) is 12.3. The molecule has 0 aliphatic carbocycles. The highest BCUT2D eigenvalue weighted by molar-refractivity contribution is 7.91. The molecule has 0 amide bonds. The van der Waals surface area contributed by atoms with Crippen molar-refractivity contribution >= 4 is 15.5 Å². The number of sulfone groups is 1. The lowest BCUT2D eigenvalue weighted by Gasteiger charge is -2.14. The lowest BCUT2D eigenvalue weighted by Crippen LogP contribution is -2.13. The predicted octanol–water partition coefficient (Wildman–Crippen LogP) is 3.05. The van der Waals surface area contributed by atoms with Gasteiger partial charge in [0.05, 0.1) is 5.75 Å². The maximum absolute atomic E-state index is 11.4. The summed E-state index contributed by atoms with van der Waals surface area (Å²) >= 11 is 0. The average Bonchev–Trinajstić information content (AvgIpc) is 2.35. The second-order valence-electron chi connectivity index (χ2n) is 4.76. The molecular formula is C14H23NO2S. The van der Waals surface area contributed by atoms with Gasteiger partial charge in [0.25, 0.3) is 0 Å². The molecular weight excluding hydrogens is 246 g/mol. The Balaban J connectivity index is 2.50. The van der Waals surface area contributed by atoms with Crippen molar-refractivity contribution in [2.24, 2.45) is 0 Å². The Kier molecular flexibility index (Phi) is 5.66. The van der Waals surface area contributed by atoms with Crippen molar-refractivity contribution in [3.63, 3.8) is 0 Å². The van der Waals surface area contributed by atoms with Gasteiger partial charge in [0, 0.05) is 18.0 Å². The fourth-order valence-electron chi connectivity index (χ4n) is 1.82. The monoisotopic (exact) mass is 269 g/mol. The van der Waals surface area contributed by atoms with E-state index in [1.54, 1.807) is 6.92 Å². The minimum absolute atomic E-state index is 0.232. The van der Waals surface area contributed by atoms with Crippen molar-refractivity contribution in [1.82, 2.24) is 0 Å². The van der Waals surface area contributed by atoms with Gasteiger partial charge in [0.15, 0.2) is 0 Å². The Morgan fingerprint density at radius 3 is 2.50 bits per heavy atom. The van der Waals surface area contributed by atoms with E-state index in [-0.39, 0.29) is 11.5 Å². The summed E-state index contributed by atoms with van der Waals surface area (Å²) in [5.41, 5.74) is 2.39. The lowest BCUT2D eigenvalue weighted by atomic mass is 10.0. The molecule has 0 radical (unpaired) electrons. The third-order valence-corrected chi connectivity index (χ3v) is 4.76. The Labute approximate surface area is 111 Å². The molecule has 0 atom stereocenters. The van der Waals surface area contributed by atoms with E-state index in [1.165, 1.54) is 5.56 Å². The van der Waals surface area contributed by atoms with Crippen LogP contribution in [0.4, 0.5) is 5.69 Å². The Morgan fingerprint density at radius 1 is 1.22 bits per heavy atom. The summed E-state index contributed by atoms with van der Waals surface area (Å²) in [5.74, 6) is 0.962. The van der Waals surface area contributed by atoms with Crippen LogP contribution in [0.3, 0.4) is 0 Å². The molecule has 18 heavy (non-hydrogen) atoms. The number of rotatable bonds is 7. The van der Waals surface area contributed by atoms with E-state index in [0.717, 1.165) is 5.69 Å². The summed E-state index contributed by atoms with van der Waals surface area (Å²) in [6, 6.07) is 8.18. The first-order chi connectivity index (χ1) is 8.46. The molecule has 0 aliphatic rings. The van der Waals surface area contributed by atoms with Crippen LogP contribution in [0.5, 0.6) is 0 Å². The molecule has 1 aromatic rings. The minimum atomic E-state index is -2.84. The fourth-order valence-corrected chi connectivity index (χ4v) is 2.69. The van der Waals surface area contributed by atoms with Crippen molar-refractivity contribution in [3.8, 4) is 0 Å². The van der Waals surface area contributed by atoms with E-state index >= 15 is 0 Å². The number of para-hydroxylation sites is 1. The maximum Gasteiger partial charge on any atom is 0.150 e. The van der Waals surface area contributed by atoms with Crippen LogP contribution >= 0.6 is 0 Å². The van der Waals surface area contributed by atoms with Crippen molar-refractivity contribution in [2.45, 2.75) is 33.1 Å². The molecule has 0 aromatic heterocycles. The molecule has 0 fully saturated rings. The van der Waals surface area contributed by atoms with E-state index in [2.05, 4.69) is 25.2 Å². The summed E-state index contributed by atoms with van der Waals surface area (Å²) in [6.45, 7) is 6.70. The van der Waals surface area contributed by atoms with Crippen molar-refractivity contribution in [1.29, 1.82) is 0 Å². The smallest absolute Gasteiger partial charge is 0.150 e. The van der Waals surface area contributed by atoms with E-state index in [4.69, 9.17) is 0 Å². The third kappa shape index (κ3) is 4.69. The second kappa shape index (κ2) is 6.78. The molecule has 0 saturated heterocycles. The zero-order valence-electron chi connectivity index (χ0n) is 11.4. The molecule has 1 rings (SSSR count). The number of anilines is 1. The van der Waals surface area contributed by atoms with Crippen LogP contribution in [-0.4, -0.2) is 26.5 Å². The van der Waals surface area contributed by atoms with Gasteiger partial charge in [-0.05, 0) is 24.0 Å². The highest BCUT2D eigenvalue weighted by Gasteiger charge is 2.08. The molecule has 0 aliphatic heterocycles. The van der Waals surface area contributed by atoms with Gasteiger partial charge >= 0.3 is 0 Å². The standard InChI is InChI=1S/C14H23NO2S/c1-4-18(16,17)11-7-10-15-14-9-6-5-8-13(14)12(2)3/h5-6,8-9,12,15H,4,7,10-11H2,1-3H3. The number of nitrogens with one attached hydrogen (secondary N) is 1. The molecule has 3 nitrogen and oxygen atoms in total. The van der Waals surface area contributed by atoms with Crippen molar-refractivity contribution in [2.75, 3.05) is 23.4 Å². The first kappa shape index (κ1) is 15.0. The van der Waals surface area contributed by atoms with Crippen LogP contribution in [0.1, 0.15) is 38.7 Å². The number of hydrogen-bond acceptors (Lipinski definition) is 3. The number of hydrogen-bond donors (Lipinski definition) is 1. The third-order valence-electron chi connectivity index (χ3n) is 2.97. The SMILES string of the molecule is CCS(=O)(=O)CCCNc1ccccc1C(C)C. The lowest BCUT2D eigenvalue weighted by molar-refractivity contribution is 0.595. The maximum atomic E-state index is 11.4. The molecule has 0 heterocycles. The van der Waals surface area contributed by atoms with E-state index in [0.29, 0.717) is 18.9 Å². The quantitative estimate of drug-likeness (QED) is 0.774. The van der Waals surface area contributed by atoms with Crippen LogP contribution < -0.4 is 5.32 Å². The summed E-state index contributed by atoms with van der Waals surface area (Å²) < 4.78 is 22.7. The van der Waals surface area contributed by atoms with Gasteiger partial charge < -0.3 is 5.32 Å². The largest absolute Gasteiger partial charge is 0.385 e. The first-order valence-electron chi connectivity index (χ1n) is 6.49. The Bertz CT molecular complexity index is 466. The van der Waals surface area contributed by atoms with Gasteiger partial charge in [0.1, 0.15) is 9.84 Å². The zero-order chi connectivity index (χ0) is 13.6. The van der Waals surface area contributed by atoms with E-state index < -0.39 is 9.84 Å². The van der Waals surface area contributed by atoms with Gasteiger partial charge in [-0.25, -0.2) is 8.42 Å². The van der Waals surface area contributed by atoms with Crippen LogP contribution in [0.25, 0.3) is 0 Å².